The summed E-state index contributed by atoms with van der Waals surface area (Å²) in [6, 6.07) is 0.863. The Bertz CT molecular complexity index is 553. The lowest BCUT2D eigenvalue weighted by Gasteiger charge is -2.29. The summed E-state index contributed by atoms with van der Waals surface area (Å²) >= 11 is 1.54. The van der Waals surface area contributed by atoms with Crippen molar-refractivity contribution in [1.82, 2.24) is 20.1 Å². The van der Waals surface area contributed by atoms with Gasteiger partial charge < -0.3 is 9.88 Å². The predicted molar refractivity (Wildman–Crippen MR) is 97.2 cm³/mol. The molecule has 1 aromatic rings. The molecular formula is C18H30N4OS. The zero-order chi connectivity index (χ0) is 16.9. The lowest BCUT2D eigenvalue weighted by Crippen LogP contribution is -2.41. The first-order valence-electron chi connectivity index (χ1n) is 9.49. The van der Waals surface area contributed by atoms with Gasteiger partial charge in [-0.05, 0) is 38.5 Å². The molecule has 2 aliphatic rings. The minimum atomic E-state index is 0.134. The van der Waals surface area contributed by atoms with E-state index in [1.54, 1.807) is 0 Å². The van der Waals surface area contributed by atoms with E-state index in [0.29, 0.717) is 23.8 Å². The number of carbonyl (C=O) groups is 1. The largest absolute Gasteiger partial charge is 0.352 e. The lowest BCUT2D eigenvalue weighted by atomic mass is 9.86. The van der Waals surface area contributed by atoms with Crippen LogP contribution in [0.2, 0.25) is 0 Å². The van der Waals surface area contributed by atoms with Gasteiger partial charge in [0.05, 0.1) is 5.75 Å². The van der Waals surface area contributed by atoms with E-state index in [1.165, 1.54) is 63.1 Å². The SMILES string of the molecule is Cc1nnc(SCC(=O)NC2CCCCC2C)n1C1CCCCC1. The summed E-state index contributed by atoms with van der Waals surface area (Å²) in [6.07, 6.45) is 11.2. The van der Waals surface area contributed by atoms with Gasteiger partial charge in [0.1, 0.15) is 5.82 Å². The van der Waals surface area contributed by atoms with E-state index in [9.17, 15) is 4.79 Å². The van der Waals surface area contributed by atoms with Crippen molar-refractivity contribution in [3.8, 4) is 0 Å². The highest BCUT2D eigenvalue weighted by atomic mass is 32.2. The molecule has 0 spiro atoms. The number of aryl methyl sites for hydroxylation is 1. The molecule has 0 bridgehead atoms. The molecule has 1 aromatic heterocycles. The van der Waals surface area contributed by atoms with Crippen LogP contribution in [-0.4, -0.2) is 32.5 Å². The van der Waals surface area contributed by atoms with Crippen LogP contribution in [0.25, 0.3) is 0 Å². The number of aromatic nitrogens is 3. The van der Waals surface area contributed by atoms with E-state index in [4.69, 9.17) is 0 Å². The summed E-state index contributed by atoms with van der Waals surface area (Å²) in [7, 11) is 0. The van der Waals surface area contributed by atoms with Crippen LogP contribution in [-0.2, 0) is 4.79 Å². The van der Waals surface area contributed by atoms with Crippen LogP contribution >= 0.6 is 11.8 Å². The second-order valence-electron chi connectivity index (χ2n) is 7.42. The van der Waals surface area contributed by atoms with Crippen molar-refractivity contribution in [1.29, 1.82) is 0 Å². The summed E-state index contributed by atoms with van der Waals surface area (Å²) in [5.74, 6) is 2.15. The highest BCUT2D eigenvalue weighted by molar-refractivity contribution is 7.99. The van der Waals surface area contributed by atoms with Crippen LogP contribution < -0.4 is 5.32 Å². The Morgan fingerprint density at radius 1 is 1.12 bits per heavy atom. The normalized spacial score (nSPS) is 25.6. The molecule has 5 nitrogen and oxygen atoms in total. The van der Waals surface area contributed by atoms with Crippen molar-refractivity contribution in [3.63, 3.8) is 0 Å². The molecule has 2 aliphatic carbocycles. The quantitative estimate of drug-likeness (QED) is 0.819. The number of rotatable bonds is 5. The molecule has 2 fully saturated rings. The van der Waals surface area contributed by atoms with E-state index in [1.807, 2.05) is 6.92 Å². The number of thioether (sulfide) groups is 1. The van der Waals surface area contributed by atoms with Gasteiger partial charge >= 0.3 is 0 Å². The fraction of sp³-hybridized carbons (Fsp3) is 0.833. The summed E-state index contributed by atoms with van der Waals surface area (Å²) in [6.45, 7) is 4.27. The first-order chi connectivity index (χ1) is 11.6. The molecule has 0 saturated heterocycles. The van der Waals surface area contributed by atoms with E-state index in [2.05, 4.69) is 27.0 Å². The van der Waals surface area contributed by atoms with Crippen LogP contribution in [0.3, 0.4) is 0 Å². The number of carbonyl (C=O) groups excluding carboxylic acids is 1. The zero-order valence-electron chi connectivity index (χ0n) is 15.0. The maximum Gasteiger partial charge on any atom is 0.230 e. The number of hydrogen-bond donors (Lipinski definition) is 1. The minimum Gasteiger partial charge on any atom is -0.352 e. The molecule has 1 N–H and O–H groups in total. The Morgan fingerprint density at radius 2 is 1.83 bits per heavy atom. The monoisotopic (exact) mass is 350 g/mol. The Kier molecular flexibility index (Phi) is 6.19. The van der Waals surface area contributed by atoms with Gasteiger partial charge in [-0.2, -0.15) is 0 Å². The third-order valence-corrected chi connectivity index (χ3v) is 6.51. The molecule has 0 aliphatic heterocycles. The van der Waals surface area contributed by atoms with Crippen LogP contribution in [0.5, 0.6) is 0 Å². The summed E-state index contributed by atoms with van der Waals surface area (Å²) in [5, 5.41) is 12.7. The Labute approximate surface area is 149 Å². The topological polar surface area (TPSA) is 59.8 Å². The molecule has 1 heterocycles. The Balaban J connectivity index is 1.55. The summed E-state index contributed by atoms with van der Waals surface area (Å²) < 4.78 is 2.26. The van der Waals surface area contributed by atoms with Crippen LogP contribution in [0.15, 0.2) is 5.16 Å². The lowest BCUT2D eigenvalue weighted by molar-refractivity contribution is -0.119. The van der Waals surface area contributed by atoms with Crippen molar-refractivity contribution in [3.05, 3.63) is 5.82 Å². The van der Waals surface area contributed by atoms with Gasteiger partial charge in [-0.3, -0.25) is 4.79 Å². The van der Waals surface area contributed by atoms with Crippen molar-refractivity contribution in [2.24, 2.45) is 5.92 Å². The van der Waals surface area contributed by atoms with E-state index in [0.717, 1.165) is 17.4 Å². The third kappa shape index (κ3) is 4.32. The van der Waals surface area contributed by atoms with Gasteiger partial charge in [0.2, 0.25) is 5.91 Å². The average Bonchev–Trinajstić information content (AvgIpc) is 2.96. The molecule has 0 aromatic carbocycles. The maximum absolute atomic E-state index is 12.3. The molecule has 134 valence electrons. The average molecular weight is 351 g/mol. The van der Waals surface area contributed by atoms with E-state index < -0.39 is 0 Å². The zero-order valence-corrected chi connectivity index (χ0v) is 15.8. The Morgan fingerprint density at radius 3 is 2.58 bits per heavy atom. The molecule has 24 heavy (non-hydrogen) atoms. The Hall–Kier alpha value is -1.04. The molecule has 6 heteroatoms. The van der Waals surface area contributed by atoms with E-state index in [-0.39, 0.29) is 5.91 Å². The number of amides is 1. The number of nitrogens with zero attached hydrogens (tertiary/aromatic N) is 3. The van der Waals surface area contributed by atoms with Gasteiger partial charge in [-0.15, -0.1) is 10.2 Å². The summed E-state index contributed by atoms with van der Waals surface area (Å²) in [5.41, 5.74) is 0. The third-order valence-electron chi connectivity index (χ3n) is 5.57. The van der Waals surface area contributed by atoms with Gasteiger partial charge in [-0.25, -0.2) is 0 Å². The van der Waals surface area contributed by atoms with Gasteiger partial charge in [0, 0.05) is 12.1 Å². The van der Waals surface area contributed by atoms with Crippen molar-refractivity contribution in [2.75, 3.05) is 5.75 Å². The highest BCUT2D eigenvalue weighted by Crippen LogP contribution is 2.32. The number of hydrogen-bond acceptors (Lipinski definition) is 4. The predicted octanol–water partition coefficient (Wildman–Crippen LogP) is 3.88. The fourth-order valence-electron chi connectivity index (χ4n) is 4.12. The first kappa shape index (κ1) is 17.8. The van der Waals surface area contributed by atoms with Crippen LogP contribution in [0.1, 0.15) is 76.6 Å². The smallest absolute Gasteiger partial charge is 0.230 e. The van der Waals surface area contributed by atoms with Crippen molar-refractivity contribution >= 4 is 17.7 Å². The van der Waals surface area contributed by atoms with Crippen molar-refractivity contribution < 1.29 is 4.79 Å². The highest BCUT2D eigenvalue weighted by Gasteiger charge is 2.24. The van der Waals surface area contributed by atoms with E-state index >= 15 is 0 Å². The molecule has 2 saturated carbocycles. The second-order valence-corrected chi connectivity index (χ2v) is 8.36. The van der Waals surface area contributed by atoms with Crippen LogP contribution in [0, 0.1) is 12.8 Å². The van der Waals surface area contributed by atoms with Gasteiger partial charge in [-0.1, -0.05) is 50.8 Å². The second kappa shape index (κ2) is 8.37. The molecule has 2 atom stereocenters. The minimum absolute atomic E-state index is 0.134. The molecule has 1 amide bonds. The van der Waals surface area contributed by atoms with Gasteiger partial charge in [0.25, 0.3) is 0 Å². The number of nitrogens with one attached hydrogen (secondary N) is 1. The molecule has 0 radical (unpaired) electrons. The fourth-order valence-corrected chi connectivity index (χ4v) is 4.98. The summed E-state index contributed by atoms with van der Waals surface area (Å²) in [4.78, 5) is 12.3. The van der Waals surface area contributed by atoms with Crippen molar-refractivity contribution in [2.45, 2.75) is 88.9 Å². The van der Waals surface area contributed by atoms with Crippen LogP contribution in [0.4, 0.5) is 0 Å². The maximum atomic E-state index is 12.3. The molecule has 3 rings (SSSR count). The molecule has 2 unspecified atom stereocenters. The van der Waals surface area contributed by atoms with Gasteiger partial charge in [0.15, 0.2) is 5.16 Å². The first-order valence-corrected chi connectivity index (χ1v) is 10.5. The standard InChI is InChI=1S/C18H30N4OS/c1-13-8-6-7-11-16(13)19-17(23)12-24-18-21-20-14(2)22(18)15-9-4-3-5-10-15/h13,15-16H,3-12H2,1-2H3,(H,19,23). The molecular weight excluding hydrogens is 320 g/mol.